The zero-order valence-corrected chi connectivity index (χ0v) is 41.0. The number of hydrogen-bond donors (Lipinski definition) is 5. The lowest BCUT2D eigenvalue weighted by atomic mass is 10.0. The molecule has 1 aliphatic rings. The van der Waals surface area contributed by atoms with Crippen molar-refractivity contribution < 1.29 is 56.8 Å². The fourth-order valence-electron chi connectivity index (χ4n) is 7.50. The van der Waals surface area contributed by atoms with Crippen LogP contribution in [0.2, 0.25) is 0 Å². The molecular weight excluding hydrogens is 873 g/mol. The largest absolute Gasteiger partial charge is 0.481 e. The quantitative estimate of drug-likeness (QED) is 0.0233. The fraction of sp³-hybridized carbons (Fsp3) is 0.886. The number of aromatic nitrogens is 2. The predicted molar refractivity (Wildman–Crippen MR) is 249 cm³/mol. The van der Waals surface area contributed by atoms with Crippen molar-refractivity contribution in [2.24, 2.45) is 0 Å². The molecule has 368 valence electrons. The lowest BCUT2D eigenvalue weighted by molar-refractivity contribution is -0.149. The van der Waals surface area contributed by atoms with Crippen molar-refractivity contribution in [2.75, 3.05) is 30.5 Å². The van der Waals surface area contributed by atoms with Gasteiger partial charge in [0.15, 0.2) is 6.23 Å². The van der Waals surface area contributed by atoms with Gasteiger partial charge in [-0.3, -0.25) is 18.4 Å². The van der Waals surface area contributed by atoms with E-state index in [9.17, 15) is 38.7 Å². The first kappa shape index (κ1) is 57.8. The number of phosphoric acid groups is 2. The third-order valence-electron chi connectivity index (χ3n) is 11.2. The Hall–Kier alpha value is -1.36. The number of hydrogen-bond acceptors (Lipinski definition) is 14. The Morgan fingerprint density at radius 2 is 1.21 bits per heavy atom. The van der Waals surface area contributed by atoms with Crippen LogP contribution in [-0.2, 0) is 36.8 Å². The number of esters is 1. The minimum atomic E-state index is -5.32. The number of thioether (sulfide) groups is 1. The van der Waals surface area contributed by atoms with Gasteiger partial charge in [-0.1, -0.05) is 174 Å². The first-order valence-electron chi connectivity index (χ1n) is 24.1. The van der Waals surface area contributed by atoms with Crippen molar-refractivity contribution in [1.82, 2.24) is 9.55 Å². The molecule has 19 heteroatoms. The van der Waals surface area contributed by atoms with E-state index in [1.54, 1.807) is 0 Å². The van der Waals surface area contributed by atoms with Gasteiger partial charge in [0, 0.05) is 18.4 Å². The van der Waals surface area contributed by atoms with Crippen LogP contribution in [0.25, 0.3) is 0 Å². The second kappa shape index (κ2) is 34.9. The van der Waals surface area contributed by atoms with E-state index in [0.29, 0.717) is 6.42 Å². The molecule has 1 aliphatic heterocycles. The molecule has 0 saturated carbocycles. The highest BCUT2D eigenvalue weighted by atomic mass is 32.2. The summed E-state index contributed by atoms with van der Waals surface area (Å²) in [7, 11) is -10.6. The van der Waals surface area contributed by atoms with Crippen LogP contribution in [0.3, 0.4) is 0 Å². The van der Waals surface area contributed by atoms with E-state index in [1.165, 1.54) is 152 Å². The topological polar surface area (TPSA) is 239 Å². The minimum absolute atomic E-state index is 0.0772. The molecule has 2 heterocycles. The number of rotatable bonds is 41. The van der Waals surface area contributed by atoms with Crippen molar-refractivity contribution >= 4 is 39.2 Å². The van der Waals surface area contributed by atoms with E-state index in [0.717, 1.165) is 48.8 Å². The summed E-state index contributed by atoms with van der Waals surface area (Å²) in [6.07, 6.45) is 27.2. The number of phosphoric ester groups is 2. The summed E-state index contributed by atoms with van der Waals surface area (Å²) < 4.78 is 51.9. The molecule has 0 aliphatic carbocycles. The average molecular weight is 956 g/mol. The second-order valence-corrected chi connectivity index (χ2v) is 21.2. The molecule has 1 aromatic heterocycles. The van der Waals surface area contributed by atoms with Crippen molar-refractivity contribution in [3.05, 3.63) is 22.7 Å². The van der Waals surface area contributed by atoms with E-state index in [4.69, 9.17) is 24.3 Å². The maximum atomic E-state index is 12.8. The third-order valence-corrected chi connectivity index (χ3v) is 15.0. The summed E-state index contributed by atoms with van der Waals surface area (Å²) in [6, 6.07) is 1.27. The zero-order valence-electron chi connectivity index (χ0n) is 38.4. The lowest BCUT2D eigenvalue weighted by Gasteiger charge is -2.21. The molecule has 0 radical (unpaired) electrons. The van der Waals surface area contributed by atoms with Crippen molar-refractivity contribution in [2.45, 2.75) is 224 Å². The first-order chi connectivity index (χ1) is 30.3. The number of aliphatic hydroxyl groups is 2. The standard InChI is InChI=1S/C44H83N3O13P2S/c1-3-5-7-9-11-13-15-16-17-18-19-21-23-25-27-29-33-63-36-37(58-40(48)30-28-26-24-22-20-14-12-10-8-6-4-2)34-56-61(52,53)60-62(54,55)57-35-38-41(49)42(50)43(59-38)47-32-31-39(45)46-44(47)51/h31-32,37-38,41-43,49-50H,3-30,33-36H2,1-2H3,(H,52,53)(H,54,55)(H2,45,46,51)/t37?,38-,41-,42+,43?/m1/s1. The zero-order chi connectivity index (χ0) is 46.2. The number of carbonyl (C=O) groups is 1. The van der Waals surface area contributed by atoms with Gasteiger partial charge in [0.1, 0.15) is 30.2 Å². The van der Waals surface area contributed by atoms with Crippen LogP contribution in [0.5, 0.6) is 0 Å². The normalized spacial score (nSPS) is 20.1. The average Bonchev–Trinajstić information content (AvgIpc) is 3.51. The Labute approximate surface area is 381 Å². The summed E-state index contributed by atoms with van der Waals surface area (Å²) in [5.41, 5.74) is 4.62. The Kier molecular flexibility index (Phi) is 32.0. The molecule has 0 bridgehead atoms. The Balaban J connectivity index is 1.76. The lowest BCUT2D eigenvalue weighted by Crippen LogP contribution is -2.36. The number of aliphatic hydroxyl groups excluding tert-OH is 2. The highest BCUT2D eigenvalue weighted by Crippen LogP contribution is 2.60. The minimum Gasteiger partial charge on any atom is -0.459 e. The van der Waals surface area contributed by atoms with Gasteiger partial charge < -0.3 is 35.2 Å². The summed E-state index contributed by atoms with van der Waals surface area (Å²) in [5.74, 6) is 0.543. The van der Waals surface area contributed by atoms with Gasteiger partial charge in [-0.25, -0.2) is 13.9 Å². The van der Waals surface area contributed by atoms with E-state index < -0.39 is 71.2 Å². The Morgan fingerprint density at radius 1 is 0.746 bits per heavy atom. The van der Waals surface area contributed by atoms with Crippen LogP contribution in [-0.4, -0.2) is 84.7 Å². The van der Waals surface area contributed by atoms with Crippen LogP contribution in [0.4, 0.5) is 5.82 Å². The molecule has 63 heavy (non-hydrogen) atoms. The van der Waals surface area contributed by atoms with E-state index in [1.807, 2.05) is 0 Å². The molecule has 4 unspecified atom stereocenters. The van der Waals surface area contributed by atoms with Crippen molar-refractivity contribution in [3.63, 3.8) is 0 Å². The van der Waals surface area contributed by atoms with E-state index in [2.05, 4.69) is 23.1 Å². The van der Waals surface area contributed by atoms with E-state index in [-0.39, 0.29) is 18.0 Å². The highest BCUT2D eigenvalue weighted by molar-refractivity contribution is 7.99. The smallest absolute Gasteiger partial charge is 0.459 e. The van der Waals surface area contributed by atoms with E-state index >= 15 is 0 Å². The van der Waals surface area contributed by atoms with Gasteiger partial charge in [-0.15, -0.1) is 0 Å². The van der Waals surface area contributed by atoms with Crippen LogP contribution in [0.1, 0.15) is 200 Å². The molecule has 7 atom stereocenters. The number of ether oxygens (including phenoxy) is 2. The first-order valence-corrected chi connectivity index (χ1v) is 28.2. The molecule has 1 fully saturated rings. The molecular formula is C44H83N3O13P2S. The second-order valence-electron chi connectivity index (χ2n) is 17.0. The van der Waals surface area contributed by atoms with Crippen LogP contribution in [0, 0.1) is 0 Å². The molecule has 0 spiro atoms. The third kappa shape index (κ3) is 27.8. The maximum Gasteiger partial charge on any atom is 0.481 e. The van der Waals surface area contributed by atoms with Crippen molar-refractivity contribution in [3.8, 4) is 0 Å². The molecule has 6 N–H and O–H groups in total. The summed E-state index contributed by atoms with van der Waals surface area (Å²) >= 11 is 1.53. The molecule has 1 saturated heterocycles. The van der Waals surface area contributed by atoms with Crippen LogP contribution >= 0.6 is 27.4 Å². The van der Waals surface area contributed by atoms with Gasteiger partial charge in [0.25, 0.3) is 0 Å². The fourth-order valence-corrected chi connectivity index (χ4v) is 10.6. The SMILES string of the molecule is CCCCCCCCCCCCCCCCCCSCC(COP(=O)(O)OP(=O)(O)OC[C@H]1OC(n2ccc(N)nc2=O)[C@@H](O)[C@@H]1O)OC(=O)CCCCCCCCCCCCC. The number of carbonyl (C=O) groups excluding carboxylic acids is 1. The number of nitrogens with two attached hydrogens (primary N) is 1. The number of anilines is 1. The van der Waals surface area contributed by atoms with Crippen LogP contribution < -0.4 is 11.4 Å². The van der Waals surface area contributed by atoms with Gasteiger partial charge in [-0.05, 0) is 24.7 Å². The summed E-state index contributed by atoms with van der Waals surface area (Å²) in [5, 5.41) is 20.9. The van der Waals surface area contributed by atoms with Crippen LogP contribution in [0.15, 0.2) is 17.1 Å². The summed E-state index contributed by atoms with van der Waals surface area (Å²) in [4.78, 5) is 49.2. The van der Waals surface area contributed by atoms with Gasteiger partial charge >= 0.3 is 27.3 Å². The molecule has 1 aromatic rings. The highest BCUT2D eigenvalue weighted by Gasteiger charge is 2.46. The van der Waals surface area contributed by atoms with Gasteiger partial charge in [-0.2, -0.15) is 21.1 Å². The molecule has 2 rings (SSSR count). The number of nitrogens with zero attached hydrogens (tertiary/aromatic N) is 2. The number of nitrogen functional groups attached to an aromatic ring is 1. The molecule has 0 aromatic carbocycles. The maximum absolute atomic E-state index is 12.8. The Bertz CT molecular complexity index is 1490. The van der Waals surface area contributed by atoms with Crippen molar-refractivity contribution in [1.29, 1.82) is 0 Å². The number of unbranched alkanes of at least 4 members (excludes halogenated alkanes) is 25. The van der Waals surface area contributed by atoms with Gasteiger partial charge in [0.2, 0.25) is 0 Å². The molecule has 0 amide bonds. The monoisotopic (exact) mass is 956 g/mol. The summed E-state index contributed by atoms with van der Waals surface area (Å²) in [6.45, 7) is 3.01. The van der Waals surface area contributed by atoms with Gasteiger partial charge in [0.05, 0.1) is 13.2 Å². The molecule has 16 nitrogen and oxygen atoms in total. The Morgan fingerprint density at radius 3 is 1.70 bits per heavy atom. The predicted octanol–water partition coefficient (Wildman–Crippen LogP) is 10.3.